The number of aliphatic hydroxyl groups is 1. The first-order valence-corrected chi connectivity index (χ1v) is 9.38. The minimum absolute atomic E-state index is 0.226. The number of nitrogens with zero attached hydrogens (tertiary/aromatic N) is 1. The van der Waals surface area contributed by atoms with E-state index >= 15 is 0 Å². The highest BCUT2D eigenvalue weighted by molar-refractivity contribution is 9.10. The monoisotopic (exact) mass is 383 g/mol. The van der Waals surface area contributed by atoms with Crippen LogP contribution in [0.1, 0.15) is 37.3 Å². The molecule has 0 aliphatic carbocycles. The number of hydrogen-bond acceptors (Lipinski definition) is 4. The minimum Gasteiger partial charge on any atom is -0.389 e. The quantitative estimate of drug-likeness (QED) is 0.785. The molecule has 2 fully saturated rings. The molecule has 0 unspecified atom stereocenters. The zero-order valence-electron chi connectivity index (χ0n) is 13.5. The number of likely N-dealkylation sites (tertiary alicyclic amines) is 1. The van der Waals surface area contributed by atoms with Gasteiger partial charge in [0, 0.05) is 23.7 Å². The number of aliphatic hydroxyl groups excluding tert-OH is 1. The average Bonchev–Trinajstić information content (AvgIpc) is 3.20. The van der Waals surface area contributed by atoms with Crippen molar-refractivity contribution in [1.29, 1.82) is 0 Å². The summed E-state index contributed by atoms with van der Waals surface area (Å²) in [6, 6.07) is 8.94. The average molecular weight is 384 g/mol. The normalized spacial score (nSPS) is 26.7. The number of ether oxygens (including phenoxy) is 2. The number of rotatable bonds is 7. The zero-order valence-corrected chi connectivity index (χ0v) is 15.1. The molecule has 23 heavy (non-hydrogen) atoms. The topological polar surface area (TPSA) is 41.9 Å². The lowest BCUT2D eigenvalue weighted by Crippen LogP contribution is -2.35. The summed E-state index contributed by atoms with van der Waals surface area (Å²) in [6.07, 6.45) is 4.33. The van der Waals surface area contributed by atoms with Gasteiger partial charge in [0.25, 0.3) is 0 Å². The summed E-state index contributed by atoms with van der Waals surface area (Å²) in [5.74, 6) is 0. The highest BCUT2D eigenvalue weighted by Crippen LogP contribution is 2.32. The van der Waals surface area contributed by atoms with Crippen LogP contribution in [0.15, 0.2) is 28.7 Å². The SMILES string of the molecule is O[C@H](COC[C@@H]1CCCO1)CN1CCC[C@H]1c1ccc(Br)cc1. The fourth-order valence-corrected chi connectivity index (χ4v) is 3.81. The van der Waals surface area contributed by atoms with Crippen LogP contribution < -0.4 is 0 Å². The maximum atomic E-state index is 10.3. The summed E-state index contributed by atoms with van der Waals surface area (Å²) in [5, 5.41) is 10.3. The van der Waals surface area contributed by atoms with Crippen LogP contribution in [0.5, 0.6) is 0 Å². The summed E-state index contributed by atoms with van der Waals surface area (Å²) in [6.45, 7) is 3.56. The Morgan fingerprint density at radius 3 is 2.83 bits per heavy atom. The largest absolute Gasteiger partial charge is 0.389 e. The minimum atomic E-state index is -0.438. The van der Waals surface area contributed by atoms with Gasteiger partial charge in [-0.15, -0.1) is 0 Å². The van der Waals surface area contributed by atoms with E-state index in [9.17, 15) is 5.11 Å². The van der Waals surface area contributed by atoms with Gasteiger partial charge in [0.2, 0.25) is 0 Å². The van der Waals surface area contributed by atoms with Crippen LogP contribution in [0.3, 0.4) is 0 Å². The van der Waals surface area contributed by atoms with Crippen LogP contribution >= 0.6 is 15.9 Å². The van der Waals surface area contributed by atoms with E-state index in [0.717, 1.165) is 36.9 Å². The lowest BCUT2D eigenvalue weighted by atomic mass is 10.0. The van der Waals surface area contributed by atoms with Crippen molar-refractivity contribution >= 4 is 15.9 Å². The van der Waals surface area contributed by atoms with Crippen LogP contribution in [0, 0.1) is 0 Å². The van der Waals surface area contributed by atoms with Gasteiger partial charge in [-0.3, -0.25) is 4.90 Å². The second kappa shape index (κ2) is 8.58. The van der Waals surface area contributed by atoms with Crippen LogP contribution in [0.2, 0.25) is 0 Å². The summed E-state index contributed by atoms with van der Waals surface area (Å²) >= 11 is 3.49. The molecular formula is C18H26BrNO3. The van der Waals surface area contributed by atoms with Crippen molar-refractivity contribution in [1.82, 2.24) is 4.90 Å². The van der Waals surface area contributed by atoms with Crippen LogP contribution in [0.4, 0.5) is 0 Å². The maximum absolute atomic E-state index is 10.3. The molecule has 0 radical (unpaired) electrons. The third-order valence-electron chi connectivity index (χ3n) is 4.70. The standard InChI is InChI=1S/C18H26BrNO3/c19-15-7-5-14(6-8-15)18-4-1-9-20(18)11-16(21)12-22-13-17-3-2-10-23-17/h5-8,16-18,21H,1-4,9-13H2/t16-,17-,18-/m0/s1. The van der Waals surface area contributed by atoms with E-state index in [1.165, 1.54) is 12.0 Å². The molecule has 2 saturated heterocycles. The highest BCUT2D eigenvalue weighted by atomic mass is 79.9. The van der Waals surface area contributed by atoms with Gasteiger partial charge in [-0.25, -0.2) is 0 Å². The zero-order chi connectivity index (χ0) is 16.1. The smallest absolute Gasteiger partial charge is 0.0900 e. The molecule has 1 N–H and O–H groups in total. The Balaban J connectivity index is 1.44. The summed E-state index contributed by atoms with van der Waals surface area (Å²) in [5.41, 5.74) is 1.33. The molecule has 0 spiro atoms. The van der Waals surface area contributed by atoms with E-state index in [1.54, 1.807) is 0 Å². The highest BCUT2D eigenvalue weighted by Gasteiger charge is 2.27. The fourth-order valence-electron chi connectivity index (χ4n) is 3.54. The first kappa shape index (κ1) is 17.4. The summed E-state index contributed by atoms with van der Waals surface area (Å²) in [7, 11) is 0. The van der Waals surface area contributed by atoms with Crippen molar-refractivity contribution < 1.29 is 14.6 Å². The number of hydrogen-bond donors (Lipinski definition) is 1. The van der Waals surface area contributed by atoms with E-state index in [-0.39, 0.29) is 6.10 Å². The second-order valence-corrected chi connectivity index (χ2v) is 7.45. The predicted octanol–water partition coefficient (Wildman–Crippen LogP) is 3.14. The molecular weight excluding hydrogens is 358 g/mol. The Morgan fingerprint density at radius 1 is 1.26 bits per heavy atom. The molecule has 128 valence electrons. The molecule has 0 amide bonds. The van der Waals surface area contributed by atoms with E-state index in [4.69, 9.17) is 9.47 Å². The van der Waals surface area contributed by atoms with Crippen molar-refractivity contribution in [2.75, 3.05) is 32.9 Å². The van der Waals surface area contributed by atoms with E-state index in [2.05, 4.69) is 45.1 Å². The van der Waals surface area contributed by atoms with Crippen molar-refractivity contribution in [3.05, 3.63) is 34.3 Å². The maximum Gasteiger partial charge on any atom is 0.0900 e. The molecule has 0 aromatic heterocycles. The van der Waals surface area contributed by atoms with E-state index in [0.29, 0.717) is 25.8 Å². The van der Waals surface area contributed by atoms with Crippen molar-refractivity contribution in [3.63, 3.8) is 0 Å². The first-order chi connectivity index (χ1) is 11.2. The van der Waals surface area contributed by atoms with E-state index < -0.39 is 6.10 Å². The Bertz CT molecular complexity index is 476. The molecule has 0 bridgehead atoms. The number of β-amino-alcohol motifs (C(OH)–C–C–N with tert-alkyl or cyclic N) is 1. The van der Waals surface area contributed by atoms with Crippen LogP contribution in [0.25, 0.3) is 0 Å². The Labute approximate surface area is 146 Å². The molecule has 2 heterocycles. The van der Waals surface area contributed by atoms with Crippen molar-refractivity contribution in [3.8, 4) is 0 Å². The van der Waals surface area contributed by atoms with E-state index in [1.807, 2.05) is 0 Å². The van der Waals surface area contributed by atoms with Crippen molar-refractivity contribution in [2.24, 2.45) is 0 Å². The summed E-state index contributed by atoms with van der Waals surface area (Å²) < 4.78 is 12.3. The van der Waals surface area contributed by atoms with Gasteiger partial charge >= 0.3 is 0 Å². The predicted molar refractivity (Wildman–Crippen MR) is 93.5 cm³/mol. The van der Waals surface area contributed by atoms with Gasteiger partial charge in [-0.1, -0.05) is 28.1 Å². The van der Waals surface area contributed by atoms with Gasteiger partial charge in [0.05, 0.1) is 25.4 Å². The molecule has 5 heteroatoms. The van der Waals surface area contributed by atoms with Gasteiger partial charge in [0.15, 0.2) is 0 Å². The van der Waals surface area contributed by atoms with Gasteiger partial charge in [-0.2, -0.15) is 0 Å². The Kier molecular flexibility index (Phi) is 6.48. The summed E-state index contributed by atoms with van der Waals surface area (Å²) in [4.78, 5) is 2.38. The Hall–Kier alpha value is -0.460. The second-order valence-electron chi connectivity index (χ2n) is 6.53. The third kappa shape index (κ3) is 5.00. The van der Waals surface area contributed by atoms with Crippen LogP contribution in [-0.2, 0) is 9.47 Å². The molecule has 1 aromatic rings. The first-order valence-electron chi connectivity index (χ1n) is 8.59. The molecule has 4 nitrogen and oxygen atoms in total. The third-order valence-corrected chi connectivity index (χ3v) is 5.23. The van der Waals surface area contributed by atoms with Gasteiger partial charge in [0.1, 0.15) is 0 Å². The molecule has 0 saturated carbocycles. The molecule has 2 aliphatic heterocycles. The van der Waals surface area contributed by atoms with Gasteiger partial charge < -0.3 is 14.6 Å². The molecule has 3 rings (SSSR count). The molecule has 3 atom stereocenters. The Morgan fingerprint density at radius 2 is 2.09 bits per heavy atom. The lowest BCUT2D eigenvalue weighted by molar-refractivity contribution is -0.0261. The number of halogens is 1. The van der Waals surface area contributed by atoms with Crippen molar-refractivity contribution in [2.45, 2.75) is 43.9 Å². The van der Waals surface area contributed by atoms with Gasteiger partial charge in [-0.05, 0) is 49.9 Å². The molecule has 1 aromatic carbocycles. The molecule has 2 aliphatic rings. The van der Waals surface area contributed by atoms with Crippen LogP contribution in [-0.4, -0.2) is 55.1 Å². The lowest BCUT2D eigenvalue weighted by Gasteiger charge is -2.27. The number of benzene rings is 1. The fraction of sp³-hybridized carbons (Fsp3) is 0.667.